The molecule has 0 amide bonds. The third-order valence-corrected chi connectivity index (χ3v) is 6.29. The molecule has 33 heavy (non-hydrogen) atoms. The maximum absolute atomic E-state index is 13.2. The normalized spacial score (nSPS) is 15.5. The van der Waals surface area contributed by atoms with Crippen molar-refractivity contribution < 1.29 is 18.7 Å². The van der Waals surface area contributed by atoms with Crippen LogP contribution in [0.5, 0.6) is 5.75 Å². The predicted molar refractivity (Wildman–Crippen MR) is 125 cm³/mol. The van der Waals surface area contributed by atoms with E-state index in [1.807, 2.05) is 35.2 Å². The fourth-order valence-corrected chi connectivity index (χ4v) is 4.31. The topological polar surface area (TPSA) is 62.9 Å². The summed E-state index contributed by atoms with van der Waals surface area (Å²) in [5, 5.41) is 11.5. The molecule has 0 aliphatic carbocycles. The maximum atomic E-state index is 13.2. The molecule has 0 atom stereocenters. The first kappa shape index (κ1) is 21.2. The Bertz CT molecular complexity index is 1310. The number of ether oxygens (including phenoxy) is 1. The highest BCUT2D eigenvalue weighted by Gasteiger charge is 2.34. The lowest BCUT2D eigenvalue weighted by atomic mass is 9.84. The van der Waals surface area contributed by atoms with Crippen LogP contribution in [0.25, 0.3) is 11.0 Å². The molecule has 1 saturated heterocycles. The quantitative estimate of drug-likeness (QED) is 0.469. The lowest BCUT2D eigenvalue weighted by molar-refractivity contribution is 0.0116. The van der Waals surface area contributed by atoms with Gasteiger partial charge in [-0.1, -0.05) is 42.5 Å². The number of aliphatic hydroxyl groups is 1. The number of hydrogen-bond donors (Lipinski definition) is 1. The Morgan fingerprint density at radius 2 is 1.73 bits per heavy atom. The number of nitrogens with zero attached hydrogens (tertiary/aromatic N) is 1. The number of fused-ring (bicyclic) bond motifs is 1. The van der Waals surface area contributed by atoms with Gasteiger partial charge in [0.15, 0.2) is 0 Å². The molecule has 0 unspecified atom stereocenters. The summed E-state index contributed by atoms with van der Waals surface area (Å²) in [6.45, 7) is 1.41. The number of benzene rings is 3. The fourth-order valence-electron chi connectivity index (χ4n) is 4.31. The molecule has 6 heteroatoms. The van der Waals surface area contributed by atoms with E-state index in [1.54, 1.807) is 30.3 Å². The highest BCUT2D eigenvalue weighted by Crippen LogP contribution is 2.34. The van der Waals surface area contributed by atoms with Crippen molar-refractivity contribution in [1.82, 2.24) is 0 Å². The molecule has 0 spiro atoms. The molecular weight excluding hydrogens is 421 g/mol. The third-order valence-electron chi connectivity index (χ3n) is 6.29. The van der Waals surface area contributed by atoms with Gasteiger partial charge in [0.25, 0.3) is 0 Å². The Hall–Kier alpha value is -3.64. The van der Waals surface area contributed by atoms with Crippen molar-refractivity contribution in [3.05, 3.63) is 106 Å². The molecular formula is C27H24FNO4. The van der Waals surface area contributed by atoms with Gasteiger partial charge in [-0.25, -0.2) is 4.39 Å². The summed E-state index contributed by atoms with van der Waals surface area (Å²) in [6.07, 6.45) is 2.35. The van der Waals surface area contributed by atoms with Gasteiger partial charge >= 0.3 is 0 Å². The van der Waals surface area contributed by atoms with Crippen molar-refractivity contribution in [1.29, 1.82) is 0 Å². The number of anilines is 1. The summed E-state index contributed by atoms with van der Waals surface area (Å²) in [7, 11) is 0. The largest absolute Gasteiger partial charge is 0.489 e. The zero-order valence-electron chi connectivity index (χ0n) is 18.0. The monoisotopic (exact) mass is 445 g/mol. The zero-order valence-corrected chi connectivity index (χ0v) is 18.0. The molecule has 5 nitrogen and oxygen atoms in total. The van der Waals surface area contributed by atoms with Gasteiger partial charge in [-0.05, 0) is 48.2 Å². The molecule has 5 rings (SSSR count). The van der Waals surface area contributed by atoms with Crippen LogP contribution in [0, 0.1) is 5.82 Å². The molecule has 0 saturated carbocycles. The lowest BCUT2D eigenvalue weighted by Crippen LogP contribution is -2.44. The van der Waals surface area contributed by atoms with Crippen LogP contribution >= 0.6 is 0 Å². The summed E-state index contributed by atoms with van der Waals surface area (Å²) < 4.78 is 24.9. The fraction of sp³-hybridized carbons (Fsp3) is 0.222. The Kier molecular flexibility index (Phi) is 5.60. The van der Waals surface area contributed by atoms with Gasteiger partial charge in [0.05, 0.1) is 11.0 Å². The average molecular weight is 445 g/mol. The minimum Gasteiger partial charge on any atom is -0.489 e. The Balaban J connectivity index is 1.31. The van der Waals surface area contributed by atoms with E-state index in [1.165, 1.54) is 18.4 Å². The van der Waals surface area contributed by atoms with Crippen molar-refractivity contribution in [3.63, 3.8) is 0 Å². The van der Waals surface area contributed by atoms with Crippen LogP contribution in [0.4, 0.5) is 10.1 Å². The summed E-state index contributed by atoms with van der Waals surface area (Å²) in [4.78, 5) is 15.1. The molecule has 4 aromatic rings. The molecule has 168 valence electrons. The van der Waals surface area contributed by atoms with Crippen molar-refractivity contribution in [3.8, 4) is 5.75 Å². The Morgan fingerprint density at radius 3 is 2.45 bits per heavy atom. The average Bonchev–Trinajstić information content (AvgIpc) is 2.85. The van der Waals surface area contributed by atoms with Crippen LogP contribution in [0.3, 0.4) is 0 Å². The van der Waals surface area contributed by atoms with Gasteiger partial charge < -0.3 is 19.2 Å². The van der Waals surface area contributed by atoms with E-state index in [0.717, 1.165) is 5.56 Å². The highest BCUT2D eigenvalue weighted by molar-refractivity contribution is 5.81. The Labute approximate surface area is 190 Å². The smallest absolute Gasteiger partial charge is 0.215 e. The van der Waals surface area contributed by atoms with Crippen LogP contribution in [-0.4, -0.2) is 18.2 Å². The molecule has 1 N–H and O–H groups in total. The first-order valence-corrected chi connectivity index (χ1v) is 11.0. The van der Waals surface area contributed by atoms with E-state index in [4.69, 9.17) is 9.15 Å². The van der Waals surface area contributed by atoms with Crippen LogP contribution in [0.1, 0.15) is 24.0 Å². The van der Waals surface area contributed by atoms with Gasteiger partial charge in [0.1, 0.15) is 35.7 Å². The van der Waals surface area contributed by atoms with Crippen molar-refractivity contribution >= 4 is 16.7 Å². The van der Waals surface area contributed by atoms with Crippen molar-refractivity contribution in [2.75, 3.05) is 18.0 Å². The van der Waals surface area contributed by atoms with E-state index in [2.05, 4.69) is 0 Å². The molecule has 0 radical (unpaired) electrons. The minimum absolute atomic E-state index is 0.113. The van der Waals surface area contributed by atoms with Crippen LogP contribution in [-0.2, 0) is 12.2 Å². The van der Waals surface area contributed by atoms with Gasteiger partial charge in [0.2, 0.25) is 5.43 Å². The Morgan fingerprint density at radius 1 is 1.00 bits per heavy atom. The molecule has 1 aliphatic rings. The van der Waals surface area contributed by atoms with E-state index in [0.29, 0.717) is 60.5 Å². The first-order chi connectivity index (χ1) is 16.0. The van der Waals surface area contributed by atoms with Gasteiger partial charge in [-0.3, -0.25) is 4.79 Å². The van der Waals surface area contributed by atoms with Crippen LogP contribution in [0.2, 0.25) is 0 Å². The van der Waals surface area contributed by atoms with E-state index in [-0.39, 0.29) is 11.2 Å². The van der Waals surface area contributed by atoms with Gasteiger partial charge in [-0.2, -0.15) is 0 Å². The summed E-state index contributed by atoms with van der Waals surface area (Å²) in [5.74, 6) is 0.298. The molecule has 0 bridgehead atoms. The molecule has 3 aromatic carbocycles. The molecule has 1 aromatic heterocycles. The third kappa shape index (κ3) is 4.34. The van der Waals surface area contributed by atoms with Crippen molar-refractivity contribution in [2.24, 2.45) is 0 Å². The van der Waals surface area contributed by atoms with Crippen LogP contribution < -0.4 is 15.1 Å². The number of piperidine rings is 1. The number of rotatable bonds is 5. The molecule has 1 fully saturated rings. The first-order valence-electron chi connectivity index (χ1n) is 11.0. The summed E-state index contributed by atoms with van der Waals surface area (Å²) in [5.41, 5.74) is 1.54. The second-order valence-electron chi connectivity index (χ2n) is 8.41. The van der Waals surface area contributed by atoms with E-state index in [9.17, 15) is 14.3 Å². The zero-order chi connectivity index (χ0) is 22.8. The van der Waals surface area contributed by atoms with E-state index >= 15 is 0 Å². The number of halogens is 1. The maximum Gasteiger partial charge on any atom is 0.215 e. The predicted octanol–water partition coefficient (Wildman–Crippen LogP) is 5.00. The lowest BCUT2D eigenvalue weighted by Gasteiger charge is -2.39. The molecule has 2 heterocycles. The SMILES string of the molecule is O=c1c(N2CCC(O)(c3ccc(F)cc3)CC2)coc2cc(OCc3ccccc3)ccc12. The van der Waals surface area contributed by atoms with E-state index < -0.39 is 5.60 Å². The van der Waals surface area contributed by atoms with Gasteiger partial charge in [0, 0.05) is 19.2 Å². The van der Waals surface area contributed by atoms with Gasteiger partial charge in [-0.15, -0.1) is 0 Å². The molecule has 1 aliphatic heterocycles. The highest BCUT2D eigenvalue weighted by atomic mass is 19.1. The standard InChI is InChI=1S/C27H24FNO4/c28-21-8-6-20(7-9-21)27(31)12-14-29(15-13-27)24-18-33-25-16-22(10-11-23(25)26(24)30)32-17-19-4-2-1-3-5-19/h1-11,16,18,31H,12-15,17H2. The summed E-state index contributed by atoms with van der Waals surface area (Å²) in [6, 6.07) is 21.0. The second-order valence-corrected chi connectivity index (χ2v) is 8.41. The second kappa shape index (κ2) is 8.71. The minimum atomic E-state index is -1.04. The van der Waals surface area contributed by atoms with Crippen LogP contribution in [0.15, 0.2) is 88.3 Å². The van der Waals surface area contributed by atoms with Crippen molar-refractivity contribution in [2.45, 2.75) is 25.0 Å². The number of hydrogen-bond acceptors (Lipinski definition) is 5. The summed E-state index contributed by atoms with van der Waals surface area (Å²) >= 11 is 0.